The molecule has 6 nitrogen and oxygen atoms in total. The van der Waals surface area contributed by atoms with Crippen LogP contribution in [0, 0.1) is 6.92 Å². The van der Waals surface area contributed by atoms with Crippen molar-refractivity contribution in [1.29, 1.82) is 0 Å². The molecule has 4 heterocycles. The molecule has 4 rings (SSSR count). The third-order valence-electron chi connectivity index (χ3n) is 4.96. The average molecular weight is 368 g/mol. The topological polar surface area (TPSA) is 63.9 Å². The number of fused-ring (bicyclic) bond motifs is 1. The maximum Gasteiger partial charge on any atom is 0.156 e. The third-order valence-corrected chi connectivity index (χ3v) is 5.28. The molecule has 3 aromatic heterocycles. The Labute approximate surface area is 156 Å². The van der Waals surface area contributed by atoms with E-state index >= 15 is 0 Å². The zero-order chi connectivity index (χ0) is 18.3. The summed E-state index contributed by atoms with van der Waals surface area (Å²) in [5.74, 6) is 0.801. The lowest BCUT2D eigenvalue weighted by atomic mass is 10.0. The maximum atomic E-state index is 11.8. The van der Waals surface area contributed by atoms with Crippen LogP contribution < -0.4 is 0 Å². The molecule has 0 saturated heterocycles. The largest absolute Gasteiger partial charge is 0.301 e. The van der Waals surface area contributed by atoms with E-state index < -0.39 is 0 Å². The normalized spacial score (nSPS) is 17.9. The molecule has 0 saturated carbocycles. The second-order valence-electron chi connectivity index (χ2n) is 6.46. The van der Waals surface area contributed by atoms with Crippen molar-refractivity contribution >= 4 is 17.9 Å². The van der Waals surface area contributed by atoms with E-state index in [1.165, 1.54) is 0 Å². The minimum absolute atomic E-state index is 0.00605. The molecule has 1 aliphatic rings. The monoisotopic (exact) mass is 367 g/mol. The number of aryl methyl sites for hydroxylation is 1. The van der Waals surface area contributed by atoms with E-state index in [-0.39, 0.29) is 12.1 Å². The Hall–Kier alpha value is -2.57. The number of pyridine rings is 2. The standard InChI is InChI=1S/C19H18ClN5O/c1-12-8-14(9-22-19(12)25-7-3-5-23-25)13(2)24-10-16-15(17(24)11-26)4-6-21-18(16)20/h3-9,11,13,17H,10H2,1-2H3. The SMILES string of the molecule is Cc1cc(C(C)N2Cc3c(ccnc3Cl)C2C=O)cnc1-n1cccn1. The van der Waals surface area contributed by atoms with Crippen LogP contribution in [0.2, 0.25) is 5.15 Å². The van der Waals surface area contributed by atoms with Crippen molar-refractivity contribution in [2.75, 3.05) is 0 Å². The molecule has 0 aliphatic carbocycles. The number of hydrogen-bond acceptors (Lipinski definition) is 5. The van der Waals surface area contributed by atoms with Gasteiger partial charge in [0.05, 0.1) is 6.04 Å². The van der Waals surface area contributed by atoms with Gasteiger partial charge in [-0.3, -0.25) is 4.90 Å². The van der Waals surface area contributed by atoms with Gasteiger partial charge in [0.15, 0.2) is 5.82 Å². The molecule has 3 aromatic rings. The molecular weight excluding hydrogens is 350 g/mol. The predicted molar refractivity (Wildman–Crippen MR) is 98.1 cm³/mol. The molecule has 26 heavy (non-hydrogen) atoms. The number of halogens is 1. The molecule has 0 spiro atoms. The van der Waals surface area contributed by atoms with E-state index in [0.29, 0.717) is 11.7 Å². The van der Waals surface area contributed by atoms with Crippen molar-refractivity contribution in [3.63, 3.8) is 0 Å². The number of nitrogens with zero attached hydrogens (tertiary/aromatic N) is 5. The summed E-state index contributed by atoms with van der Waals surface area (Å²) in [6, 6.07) is 5.51. The Balaban J connectivity index is 1.66. The van der Waals surface area contributed by atoms with E-state index in [9.17, 15) is 4.79 Å². The van der Waals surface area contributed by atoms with Crippen LogP contribution in [0.5, 0.6) is 0 Å². The fourth-order valence-electron chi connectivity index (χ4n) is 3.55. The van der Waals surface area contributed by atoms with Crippen LogP contribution in [0.3, 0.4) is 0 Å². The summed E-state index contributed by atoms with van der Waals surface area (Å²) in [5, 5.41) is 4.70. The Kier molecular flexibility index (Phi) is 4.30. The van der Waals surface area contributed by atoms with Crippen molar-refractivity contribution in [3.8, 4) is 5.82 Å². The maximum absolute atomic E-state index is 11.8. The molecule has 0 fully saturated rings. The van der Waals surface area contributed by atoms with E-state index in [1.54, 1.807) is 17.1 Å². The molecule has 0 aromatic carbocycles. The summed E-state index contributed by atoms with van der Waals surface area (Å²) in [4.78, 5) is 22.6. The first-order valence-electron chi connectivity index (χ1n) is 8.41. The molecule has 2 unspecified atom stereocenters. The van der Waals surface area contributed by atoms with Crippen LogP contribution >= 0.6 is 11.6 Å². The van der Waals surface area contributed by atoms with E-state index in [1.807, 2.05) is 31.5 Å². The summed E-state index contributed by atoms with van der Waals surface area (Å²) < 4.78 is 1.75. The van der Waals surface area contributed by atoms with Crippen LogP contribution in [0.25, 0.3) is 5.82 Å². The van der Waals surface area contributed by atoms with Crippen LogP contribution in [-0.4, -0.2) is 30.9 Å². The van der Waals surface area contributed by atoms with Gasteiger partial charge in [0.1, 0.15) is 11.4 Å². The lowest BCUT2D eigenvalue weighted by Gasteiger charge is -2.28. The highest BCUT2D eigenvalue weighted by Crippen LogP contribution is 2.40. The minimum atomic E-state index is -0.327. The van der Waals surface area contributed by atoms with Gasteiger partial charge in [0.2, 0.25) is 0 Å². The van der Waals surface area contributed by atoms with E-state index in [4.69, 9.17) is 11.6 Å². The average Bonchev–Trinajstić information content (AvgIpc) is 3.29. The van der Waals surface area contributed by atoms with Gasteiger partial charge in [0, 0.05) is 42.9 Å². The fourth-order valence-corrected chi connectivity index (χ4v) is 3.77. The number of aldehydes is 1. The van der Waals surface area contributed by atoms with Gasteiger partial charge in [-0.25, -0.2) is 14.6 Å². The minimum Gasteiger partial charge on any atom is -0.301 e. The van der Waals surface area contributed by atoms with E-state index in [2.05, 4.69) is 33.0 Å². The Morgan fingerprint density at radius 2 is 2.19 bits per heavy atom. The number of carbonyl (C=O) groups is 1. The van der Waals surface area contributed by atoms with Crippen LogP contribution in [0.15, 0.2) is 43.0 Å². The molecule has 2 atom stereocenters. The van der Waals surface area contributed by atoms with Gasteiger partial charge in [0.25, 0.3) is 0 Å². The van der Waals surface area contributed by atoms with Gasteiger partial charge >= 0.3 is 0 Å². The lowest BCUT2D eigenvalue weighted by molar-refractivity contribution is -0.113. The number of aromatic nitrogens is 4. The second-order valence-corrected chi connectivity index (χ2v) is 6.82. The Bertz CT molecular complexity index is 957. The van der Waals surface area contributed by atoms with Gasteiger partial charge < -0.3 is 4.79 Å². The highest BCUT2D eigenvalue weighted by Gasteiger charge is 2.35. The second kappa shape index (κ2) is 6.63. The smallest absolute Gasteiger partial charge is 0.156 e. The first-order valence-corrected chi connectivity index (χ1v) is 8.79. The highest BCUT2D eigenvalue weighted by molar-refractivity contribution is 6.30. The predicted octanol–water partition coefficient (Wildman–Crippen LogP) is 3.44. The molecule has 0 bridgehead atoms. The van der Waals surface area contributed by atoms with Crippen molar-refractivity contribution in [3.05, 3.63) is 70.4 Å². The number of rotatable bonds is 4. The number of hydrogen-bond donors (Lipinski definition) is 0. The van der Waals surface area contributed by atoms with Crippen molar-refractivity contribution < 1.29 is 4.79 Å². The van der Waals surface area contributed by atoms with Gasteiger partial charge in [-0.2, -0.15) is 5.10 Å². The summed E-state index contributed by atoms with van der Waals surface area (Å²) >= 11 is 6.24. The Morgan fingerprint density at radius 1 is 1.35 bits per heavy atom. The highest BCUT2D eigenvalue weighted by atomic mass is 35.5. The molecule has 1 aliphatic heterocycles. The zero-order valence-corrected chi connectivity index (χ0v) is 15.3. The van der Waals surface area contributed by atoms with Crippen molar-refractivity contribution in [1.82, 2.24) is 24.6 Å². The molecule has 0 radical (unpaired) electrons. The molecule has 0 amide bonds. The van der Waals surface area contributed by atoms with Gasteiger partial charge in [-0.05, 0) is 48.7 Å². The van der Waals surface area contributed by atoms with Crippen molar-refractivity contribution in [2.45, 2.75) is 32.5 Å². The first-order chi connectivity index (χ1) is 12.6. The van der Waals surface area contributed by atoms with Crippen molar-refractivity contribution in [2.24, 2.45) is 0 Å². The lowest BCUT2D eigenvalue weighted by Crippen LogP contribution is -2.26. The fraction of sp³-hybridized carbons (Fsp3) is 0.263. The van der Waals surface area contributed by atoms with Gasteiger partial charge in [-0.15, -0.1) is 0 Å². The quantitative estimate of drug-likeness (QED) is 0.522. The Morgan fingerprint density at radius 3 is 2.88 bits per heavy atom. The van der Waals surface area contributed by atoms with Crippen LogP contribution in [0.4, 0.5) is 0 Å². The van der Waals surface area contributed by atoms with E-state index in [0.717, 1.165) is 34.4 Å². The number of carbonyl (C=O) groups excluding carboxylic acids is 1. The molecular formula is C19H18ClN5O. The van der Waals surface area contributed by atoms with Crippen LogP contribution in [0.1, 0.15) is 41.3 Å². The zero-order valence-electron chi connectivity index (χ0n) is 14.5. The third kappa shape index (κ3) is 2.71. The summed E-state index contributed by atoms with van der Waals surface area (Å²) in [6.07, 6.45) is 8.06. The molecule has 7 heteroatoms. The summed E-state index contributed by atoms with van der Waals surface area (Å²) in [7, 11) is 0. The van der Waals surface area contributed by atoms with Crippen LogP contribution in [-0.2, 0) is 11.3 Å². The molecule has 132 valence electrons. The van der Waals surface area contributed by atoms with Gasteiger partial charge in [-0.1, -0.05) is 11.6 Å². The first kappa shape index (κ1) is 16.9. The summed E-state index contributed by atoms with van der Waals surface area (Å²) in [6.45, 7) is 4.68. The summed E-state index contributed by atoms with van der Waals surface area (Å²) in [5.41, 5.74) is 3.93. The molecule has 0 N–H and O–H groups in total.